The van der Waals surface area contributed by atoms with Crippen molar-refractivity contribution in [3.8, 4) is 0 Å². The lowest BCUT2D eigenvalue weighted by atomic mass is 10.2. The standard InChI is InChI=1S/C12H18ClN3O/c1-5-8-16(4)10-7-6-9(11(13)14-10)12(17)15(2)3/h6-7H,5,8H2,1-4H3. The van der Waals surface area contributed by atoms with Gasteiger partial charge in [-0.1, -0.05) is 18.5 Å². The summed E-state index contributed by atoms with van der Waals surface area (Å²) in [6.45, 7) is 3.01. The van der Waals surface area contributed by atoms with Gasteiger partial charge >= 0.3 is 0 Å². The lowest BCUT2D eigenvalue weighted by Gasteiger charge is -2.18. The Kier molecular flexibility index (Phi) is 4.75. The second kappa shape index (κ2) is 5.87. The predicted octanol–water partition coefficient (Wildman–Crippen LogP) is 2.28. The Bertz CT molecular complexity index is 407. The average molecular weight is 256 g/mol. The lowest BCUT2D eigenvalue weighted by molar-refractivity contribution is 0.0827. The fraction of sp³-hybridized carbons (Fsp3) is 0.500. The Balaban J connectivity index is 2.97. The number of amides is 1. The molecular formula is C12H18ClN3O. The van der Waals surface area contributed by atoms with Gasteiger partial charge in [0.25, 0.3) is 5.91 Å². The van der Waals surface area contributed by atoms with E-state index in [1.165, 1.54) is 4.90 Å². The molecule has 1 aromatic rings. The van der Waals surface area contributed by atoms with Crippen molar-refractivity contribution in [2.24, 2.45) is 0 Å². The molecule has 5 heteroatoms. The van der Waals surface area contributed by atoms with Crippen molar-refractivity contribution >= 4 is 23.3 Å². The van der Waals surface area contributed by atoms with Gasteiger partial charge in [0, 0.05) is 27.7 Å². The van der Waals surface area contributed by atoms with Gasteiger partial charge < -0.3 is 9.80 Å². The first kappa shape index (κ1) is 13.8. The Morgan fingerprint density at radius 1 is 1.35 bits per heavy atom. The minimum atomic E-state index is -0.132. The molecule has 0 atom stereocenters. The first-order chi connectivity index (χ1) is 7.97. The number of anilines is 1. The summed E-state index contributed by atoms with van der Waals surface area (Å²) in [5.74, 6) is 0.652. The quantitative estimate of drug-likeness (QED) is 0.775. The van der Waals surface area contributed by atoms with Crippen LogP contribution in [0.5, 0.6) is 0 Å². The van der Waals surface area contributed by atoms with Gasteiger partial charge in [-0.25, -0.2) is 4.98 Å². The predicted molar refractivity (Wildman–Crippen MR) is 70.8 cm³/mol. The largest absolute Gasteiger partial charge is 0.360 e. The highest BCUT2D eigenvalue weighted by molar-refractivity contribution is 6.32. The smallest absolute Gasteiger partial charge is 0.256 e. The van der Waals surface area contributed by atoms with E-state index in [1.54, 1.807) is 20.2 Å². The number of carbonyl (C=O) groups is 1. The Morgan fingerprint density at radius 3 is 2.47 bits per heavy atom. The van der Waals surface area contributed by atoms with Crippen LogP contribution >= 0.6 is 11.6 Å². The van der Waals surface area contributed by atoms with Crippen LogP contribution in [0.1, 0.15) is 23.7 Å². The second-order valence-electron chi connectivity index (χ2n) is 4.13. The van der Waals surface area contributed by atoms with Crippen LogP contribution in [-0.4, -0.2) is 43.5 Å². The van der Waals surface area contributed by atoms with Crippen molar-refractivity contribution in [3.63, 3.8) is 0 Å². The van der Waals surface area contributed by atoms with Gasteiger partial charge in [-0.3, -0.25) is 4.79 Å². The number of carbonyl (C=O) groups excluding carboxylic acids is 1. The Hall–Kier alpha value is -1.29. The Morgan fingerprint density at radius 2 is 2.00 bits per heavy atom. The molecule has 0 aliphatic carbocycles. The van der Waals surface area contributed by atoms with Gasteiger partial charge in [-0.15, -0.1) is 0 Å². The van der Waals surface area contributed by atoms with Crippen molar-refractivity contribution in [2.45, 2.75) is 13.3 Å². The van der Waals surface area contributed by atoms with E-state index < -0.39 is 0 Å². The summed E-state index contributed by atoms with van der Waals surface area (Å²) < 4.78 is 0. The molecule has 1 aromatic heterocycles. The van der Waals surface area contributed by atoms with Gasteiger partial charge in [-0.2, -0.15) is 0 Å². The van der Waals surface area contributed by atoms with Crippen molar-refractivity contribution < 1.29 is 4.79 Å². The minimum absolute atomic E-state index is 0.132. The zero-order valence-electron chi connectivity index (χ0n) is 10.7. The van der Waals surface area contributed by atoms with E-state index in [1.807, 2.05) is 18.0 Å². The van der Waals surface area contributed by atoms with Crippen LogP contribution in [0.15, 0.2) is 12.1 Å². The third kappa shape index (κ3) is 3.33. The fourth-order valence-corrected chi connectivity index (χ4v) is 1.72. The van der Waals surface area contributed by atoms with Crippen molar-refractivity contribution in [1.82, 2.24) is 9.88 Å². The molecule has 1 rings (SSSR count). The highest BCUT2D eigenvalue weighted by atomic mass is 35.5. The first-order valence-corrected chi connectivity index (χ1v) is 5.94. The van der Waals surface area contributed by atoms with E-state index in [9.17, 15) is 4.79 Å². The van der Waals surface area contributed by atoms with Gasteiger partial charge in [0.15, 0.2) is 0 Å². The number of pyridine rings is 1. The molecule has 0 bridgehead atoms. The van der Waals surface area contributed by atoms with Gasteiger partial charge in [0.1, 0.15) is 11.0 Å². The van der Waals surface area contributed by atoms with E-state index in [-0.39, 0.29) is 11.1 Å². The molecule has 0 spiro atoms. The van der Waals surface area contributed by atoms with Gasteiger partial charge in [0.2, 0.25) is 0 Å². The van der Waals surface area contributed by atoms with Crippen LogP contribution in [-0.2, 0) is 0 Å². The third-order valence-electron chi connectivity index (χ3n) is 2.42. The molecule has 1 heterocycles. The van der Waals surface area contributed by atoms with Crippen LogP contribution < -0.4 is 4.90 Å². The van der Waals surface area contributed by atoms with Crippen LogP contribution in [0.25, 0.3) is 0 Å². The summed E-state index contributed by atoms with van der Waals surface area (Å²) >= 11 is 6.03. The number of aromatic nitrogens is 1. The normalized spacial score (nSPS) is 10.2. The van der Waals surface area contributed by atoms with E-state index in [0.717, 1.165) is 18.8 Å². The number of nitrogens with zero attached hydrogens (tertiary/aromatic N) is 3. The summed E-state index contributed by atoms with van der Waals surface area (Å²) in [7, 11) is 5.33. The molecule has 94 valence electrons. The number of hydrogen-bond acceptors (Lipinski definition) is 3. The maximum Gasteiger partial charge on any atom is 0.256 e. The van der Waals surface area contributed by atoms with Gasteiger partial charge in [0.05, 0.1) is 5.56 Å². The first-order valence-electron chi connectivity index (χ1n) is 5.56. The van der Waals surface area contributed by atoms with Gasteiger partial charge in [-0.05, 0) is 18.6 Å². The minimum Gasteiger partial charge on any atom is -0.360 e. The molecule has 0 fully saturated rings. The summed E-state index contributed by atoms with van der Waals surface area (Å²) in [5.41, 5.74) is 0.435. The maximum absolute atomic E-state index is 11.8. The molecule has 4 nitrogen and oxygen atoms in total. The van der Waals surface area contributed by atoms with Crippen LogP contribution in [0, 0.1) is 0 Å². The number of rotatable bonds is 4. The average Bonchev–Trinajstić information content (AvgIpc) is 2.28. The Labute approximate surface area is 107 Å². The molecule has 17 heavy (non-hydrogen) atoms. The molecular weight excluding hydrogens is 238 g/mol. The maximum atomic E-state index is 11.8. The van der Waals surface area contributed by atoms with E-state index >= 15 is 0 Å². The molecule has 0 saturated heterocycles. The van der Waals surface area contributed by atoms with Crippen molar-refractivity contribution in [3.05, 3.63) is 22.8 Å². The molecule has 0 N–H and O–H groups in total. The summed E-state index contributed by atoms with van der Waals surface area (Å²) in [5, 5.41) is 0.254. The summed E-state index contributed by atoms with van der Waals surface area (Å²) in [4.78, 5) is 19.5. The summed E-state index contributed by atoms with van der Waals surface area (Å²) in [6, 6.07) is 3.54. The van der Waals surface area contributed by atoms with E-state index in [4.69, 9.17) is 11.6 Å². The lowest BCUT2D eigenvalue weighted by Crippen LogP contribution is -2.23. The second-order valence-corrected chi connectivity index (χ2v) is 4.49. The monoisotopic (exact) mass is 255 g/mol. The molecule has 0 aromatic carbocycles. The SMILES string of the molecule is CCCN(C)c1ccc(C(=O)N(C)C)c(Cl)n1. The molecule has 1 amide bonds. The third-order valence-corrected chi connectivity index (χ3v) is 2.71. The van der Waals surface area contributed by atoms with Crippen LogP contribution in [0.3, 0.4) is 0 Å². The van der Waals surface area contributed by atoms with Crippen LogP contribution in [0.2, 0.25) is 5.15 Å². The highest BCUT2D eigenvalue weighted by Gasteiger charge is 2.14. The molecule has 0 radical (unpaired) electrons. The zero-order chi connectivity index (χ0) is 13.0. The van der Waals surface area contributed by atoms with E-state index in [0.29, 0.717) is 5.56 Å². The van der Waals surface area contributed by atoms with Crippen molar-refractivity contribution in [2.75, 3.05) is 32.6 Å². The molecule has 0 unspecified atom stereocenters. The molecule has 0 aliphatic rings. The zero-order valence-corrected chi connectivity index (χ0v) is 11.5. The molecule has 0 aliphatic heterocycles. The number of hydrogen-bond donors (Lipinski definition) is 0. The topological polar surface area (TPSA) is 36.4 Å². The van der Waals surface area contributed by atoms with Crippen molar-refractivity contribution in [1.29, 1.82) is 0 Å². The highest BCUT2D eigenvalue weighted by Crippen LogP contribution is 2.19. The van der Waals surface area contributed by atoms with E-state index in [2.05, 4.69) is 11.9 Å². The number of halogens is 1. The fourth-order valence-electron chi connectivity index (χ4n) is 1.49. The van der Waals surface area contributed by atoms with Crippen LogP contribution in [0.4, 0.5) is 5.82 Å². The summed E-state index contributed by atoms with van der Waals surface area (Å²) in [6.07, 6.45) is 1.04. The molecule has 0 saturated carbocycles.